The number of allylic oxidation sites excluding steroid dienone is 2. The molecule has 2 amide bonds. The van der Waals surface area contributed by atoms with E-state index in [1.807, 2.05) is 0 Å². The summed E-state index contributed by atoms with van der Waals surface area (Å²) in [5.41, 5.74) is 6.08. The molecule has 0 aromatic heterocycles. The van der Waals surface area contributed by atoms with Gasteiger partial charge in [0.05, 0.1) is 4.91 Å². The third-order valence-electron chi connectivity index (χ3n) is 4.76. The molecule has 0 spiro atoms. The minimum Gasteiger partial charge on any atom is -0.480 e. The number of Topliss-reactive ketones (excluding diaryl/α,β-unsaturated/α-hetero) is 2. The fourth-order valence-corrected chi connectivity index (χ4v) is 4.08. The fraction of sp³-hybridized carbons (Fsp3) is 0.333. The first-order valence-electron chi connectivity index (χ1n) is 9.82. The Labute approximate surface area is 192 Å². The molecule has 0 radical (unpaired) electrons. The number of thioether (sulfide) groups is 1. The van der Waals surface area contributed by atoms with Crippen LogP contribution in [-0.2, 0) is 19.2 Å². The molecule has 0 unspecified atom stereocenters. The number of fused-ring (bicyclic) bond motifs is 1. The molecule has 1 aliphatic carbocycles. The van der Waals surface area contributed by atoms with Crippen molar-refractivity contribution < 1.29 is 39.0 Å². The number of carboxylic acids is 2. The van der Waals surface area contributed by atoms with E-state index >= 15 is 0 Å². The Morgan fingerprint density at radius 3 is 2.24 bits per heavy atom. The van der Waals surface area contributed by atoms with Gasteiger partial charge in [-0.3, -0.25) is 28.8 Å². The third kappa shape index (κ3) is 6.73. The van der Waals surface area contributed by atoms with Crippen molar-refractivity contribution in [2.75, 3.05) is 12.3 Å². The summed E-state index contributed by atoms with van der Waals surface area (Å²) in [5, 5.41) is 22.1. The Morgan fingerprint density at radius 1 is 1.06 bits per heavy atom. The Hall–Kier alpha value is -3.51. The number of ketones is 2. The molecular formula is C21H23N3O8S. The molecule has 11 nitrogen and oxygen atoms in total. The molecule has 176 valence electrons. The van der Waals surface area contributed by atoms with Gasteiger partial charge in [-0.25, -0.2) is 0 Å². The molecule has 0 saturated carbocycles. The quantitative estimate of drug-likeness (QED) is 0.288. The molecule has 1 aromatic carbocycles. The van der Waals surface area contributed by atoms with Gasteiger partial charge in [-0.15, -0.1) is 11.8 Å². The monoisotopic (exact) mass is 477 g/mol. The second-order valence-electron chi connectivity index (χ2n) is 7.18. The van der Waals surface area contributed by atoms with Crippen molar-refractivity contribution in [2.45, 2.75) is 31.8 Å². The number of nitrogens with one attached hydrogen (secondary N) is 2. The number of nitrogens with two attached hydrogens (primary N) is 1. The standard InChI is InChI=1S/C21H23N3O8S/c1-10-17(28)11-4-2-3-5-12(11)18(29)19(10)33-9-14(20(30)23-8-16(26)27)24-15(25)7-6-13(22)21(31)32/h2-5,13-14H,6-9,22H2,1H3,(H,23,30)(H,24,25)(H,26,27)(H,31,32)/t13-,14+/m0/s1. The van der Waals surface area contributed by atoms with E-state index in [9.17, 15) is 28.8 Å². The highest BCUT2D eigenvalue weighted by molar-refractivity contribution is 8.04. The number of amides is 2. The van der Waals surface area contributed by atoms with Gasteiger partial charge in [0.1, 0.15) is 18.6 Å². The first-order chi connectivity index (χ1) is 15.5. The highest BCUT2D eigenvalue weighted by Gasteiger charge is 2.31. The molecule has 1 aromatic rings. The Kier molecular flexibility index (Phi) is 8.88. The topological polar surface area (TPSA) is 193 Å². The molecule has 12 heteroatoms. The maximum Gasteiger partial charge on any atom is 0.322 e. The van der Waals surface area contributed by atoms with Crippen LogP contribution in [0.25, 0.3) is 0 Å². The van der Waals surface area contributed by atoms with Gasteiger partial charge in [0.15, 0.2) is 11.6 Å². The minimum absolute atomic E-state index is 0.122. The van der Waals surface area contributed by atoms with Gasteiger partial charge >= 0.3 is 11.9 Å². The predicted octanol–water partition coefficient (Wildman–Crippen LogP) is -0.0495. The molecule has 0 bridgehead atoms. The van der Waals surface area contributed by atoms with Crippen molar-refractivity contribution in [3.8, 4) is 0 Å². The lowest BCUT2D eigenvalue weighted by molar-refractivity contribution is -0.139. The van der Waals surface area contributed by atoms with Crippen LogP contribution in [0.5, 0.6) is 0 Å². The van der Waals surface area contributed by atoms with Gasteiger partial charge in [0.2, 0.25) is 11.8 Å². The van der Waals surface area contributed by atoms with Gasteiger partial charge in [0, 0.05) is 28.9 Å². The molecule has 2 atom stereocenters. The van der Waals surface area contributed by atoms with Crippen LogP contribution in [0.1, 0.15) is 40.5 Å². The first-order valence-corrected chi connectivity index (χ1v) is 10.8. The van der Waals surface area contributed by atoms with Crippen LogP contribution < -0.4 is 16.4 Å². The van der Waals surface area contributed by atoms with E-state index in [4.69, 9.17) is 15.9 Å². The maximum atomic E-state index is 12.9. The molecule has 2 rings (SSSR count). The van der Waals surface area contributed by atoms with E-state index in [1.165, 1.54) is 13.0 Å². The second-order valence-corrected chi connectivity index (χ2v) is 8.21. The van der Waals surface area contributed by atoms with Gasteiger partial charge in [0.25, 0.3) is 0 Å². The van der Waals surface area contributed by atoms with Gasteiger partial charge in [-0.05, 0) is 13.3 Å². The number of benzene rings is 1. The lowest BCUT2D eigenvalue weighted by Gasteiger charge is -2.21. The zero-order valence-electron chi connectivity index (χ0n) is 17.6. The predicted molar refractivity (Wildman–Crippen MR) is 118 cm³/mol. The van der Waals surface area contributed by atoms with Crippen LogP contribution in [0.4, 0.5) is 0 Å². The van der Waals surface area contributed by atoms with Crippen LogP contribution in [0, 0.1) is 0 Å². The number of rotatable bonds is 11. The summed E-state index contributed by atoms with van der Waals surface area (Å²) in [6.07, 6.45) is -0.459. The average molecular weight is 477 g/mol. The first kappa shape index (κ1) is 25.7. The molecule has 0 saturated heterocycles. The summed E-state index contributed by atoms with van der Waals surface area (Å²) < 4.78 is 0. The van der Waals surface area contributed by atoms with Crippen LogP contribution >= 0.6 is 11.8 Å². The SMILES string of the molecule is CC1=C(SC[C@@H](NC(=O)CC[C@H](N)C(=O)O)C(=O)NCC(=O)O)C(=O)c2ccccc2C1=O. The Bertz CT molecular complexity index is 1040. The summed E-state index contributed by atoms with van der Waals surface area (Å²) in [5.74, 6) is -4.95. The number of hydrogen-bond acceptors (Lipinski definition) is 8. The molecule has 33 heavy (non-hydrogen) atoms. The number of carboxylic acid groups (broad SMARTS) is 2. The van der Waals surface area contributed by atoms with Crippen LogP contribution in [0.2, 0.25) is 0 Å². The van der Waals surface area contributed by atoms with E-state index in [-0.39, 0.29) is 46.0 Å². The van der Waals surface area contributed by atoms with Gasteiger partial charge in [-0.1, -0.05) is 24.3 Å². The molecule has 1 aliphatic rings. The lowest BCUT2D eigenvalue weighted by atomic mass is 9.90. The summed E-state index contributed by atoms with van der Waals surface area (Å²) in [6, 6.07) is 3.82. The smallest absolute Gasteiger partial charge is 0.322 e. The maximum absolute atomic E-state index is 12.9. The van der Waals surface area contributed by atoms with Crippen LogP contribution in [0.15, 0.2) is 34.7 Å². The third-order valence-corrected chi connectivity index (χ3v) is 6.04. The number of hydrogen-bond donors (Lipinski definition) is 5. The Balaban J connectivity index is 2.14. The largest absolute Gasteiger partial charge is 0.480 e. The molecule has 0 heterocycles. The molecule has 6 N–H and O–H groups in total. The normalized spacial score (nSPS) is 14.8. The average Bonchev–Trinajstić information content (AvgIpc) is 2.78. The lowest BCUT2D eigenvalue weighted by Crippen LogP contribution is -2.49. The Morgan fingerprint density at radius 2 is 1.67 bits per heavy atom. The van der Waals surface area contributed by atoms with Crippen molar-refractivity contribution in [3.05, 3.63) is 45.9 Å². The van der Waals surface area contributed by atoms with Crippen LogP contribution in [0.3, 0.4) is 0 Å². The summed E-state index contributed by atoms with van der Waals surface area (Å²) in [7, 11) is 0. The fourth-order valence-electron chi connectivity index (χ4n) is 2.96. The molecule has 0 fully saturated rings. The number of carbonyl (C=O) groups is 6. The zero-order chi connectivity index (χ0) is 24.7. The summed E-state index contributed by atoms with van der Waals surface area (Å²) >= 11 is 0.890. The van der Waals surface area contributed by atoms with E-state index < -0.39 is 48.2 Å². The van der Waals surface area contributed by atoms with Crippen molar-refractivity contribution in [2.24, 2.45) is 5.73 Å². The van der Waals surface area contributed by atoms with E-state index in [2.05, 4.69) is 10.6 Å². The zero-order valence-corrected chi connectivity index (χ0v) is 18.4. The molecule has 0 aliphatic heterocycles. The highest BCUT2D eigenvalue weighted by atomic mass is 32.2. The molecular weight excluding hydrogens is 454 g/mol. The van der Waals surface area contributed by atoms with Crippen molar-refractivity contribution in [1.82, 2.24) is 10.6 Å². The second kappa shape index (κ2) is 11.4. The van der Waals surface area contributed by atoms with E-state index in [0.717, 1.165) is 11.8 Å². The van der Waals surface area contributed by atoms with E-state index in [1.54, 1.807) is 18.2 Å². The van der Waals surface area contributed by atoms with Crippen molar-refractivity contribution in [1.29, 1.82) is 0 Å². The van der Waals surface area contributed by atoms with Crippen molar-refractivity contribution in [3.63, 3.8) is 0 Å². The summed E-state index contributed by atoms with van der Waals surface area (Å²) in [6.45, 7) is 0.802. The number of aliphatic carboxylic acids is 2. The summed E-state index contributed by atoms with van der Waals surface area (Å²) in [4.78, 5) is 71.8. The van der Waals surface area contributed by atoms with Gasteiger partial charge in [-0.2, -0.15) is 0 Å². The van der Waals surface area contributed by atoms with Crippen LogP contribution in [-0.4, -0.2) is 69.9 Å². The van der Waals surface area contributed by atoms with Crippen molar-refractivity contribution >= 4 is 47.1 Å². The number of carbonyl (C=O) groups excluding carboxylic acids is 4. The van der Waals surface area contributed by atoms with E-state index in [0.29, 0.717) is 0 Å². The highest BCUT2D eigenvalue weighted by Crippen LogP contribution is 2.33. The van der Waals surface area contributed by atoms with Gasteiger partial charge < -0.3 is 26.6 Å². The minimum atomic E-state index is -1.29.